The van der Waals surface area contributed by atoms with Crippen molar-refractivity contribution in [3.05, 3.63) is 29.3 Å². The van der Waals surface area contributed by atoms with Crippen molar-refractivity contribution in [1.82, 2.24) is 10.2 Å². The van der Waals surface area contributed by atoms with Crippen LogP contribution in [0, 0.1) is 5.92 Å². The van der Waals surface area contributed by atoms with E-state index in [1.165, 1.54) is 0 Å². The van der Waals surface area contributed by atoms with Crippen molar-refractivity contribution in [2.45, 2.75) is 6.04 Å². The molecule has 1 aromatic carbocycles. The lowest BCUT2D eigenvalue weighted by Crippen LogP contribution is -2.44. The summed E-state index contributed by atoms with van der Waals surface area (Å²) in [4.78, 5) is 14.0. The third-order valence-electron chi connectivity index (χ3n) is 3.67. The van der Waals surface area contributed by atoms with Gasteiger partial charge in [-0.3, -0.25) is 4.79 Å². The van der Waals surface area contributed by atoms with Crippen molar-refractivity contribution in [2.75, 3.05) is 40.5 Å². The Bertz CT molecular complexity index is 484. The first-order chi connectivity index (χ1) is 10.1. The van der Waals surface area contributed by atoms with Gasteiger partial charge < -0.3 is 19.7 Å². The minimum Gasteiger partial charge on any atom is -0.490 e. The molecule has 2 unspecified atom stereocenters. The molecular formula is C15H21ClN2O3. The number of carbonyl (C=O) groups is 1. The summed E-state index contributed by atoms with van der Waals surface area (Å²) in [7, 11) is 3.63. The maximum absolute atomic E-state index is 12.3. The number of likely N-dealkylation sites (N-methyl/N-ethyl adjacent to an activating group) is 2. The molecule has 2 rings (SSSR count). The molecule has 116 valence electrons. The topological polar surface area (TPSA) is 50.8 Å². The smallest absolute Gasteiger partial charge is 0.229 e. The summed E-state index contributed by atoms with van der Waals surface area (Å²) < 4.78 is 11.0. The molecule has 1 N–H and O–H groups in total. The highest BCUT2D eigenvalue weighted by Gasteiger charge is 2.34. The van der Waals surface area contributed by atoms with Gasteiger partial charge in [-0.15, -0.1) is 0 Å². The monoisotopic (exact) mass is 312 g/mol. The van der Waals surface area contributed by atoms with Crippen LogP contribution in [0.4, 0.5) is 0 Å². The first-order valence-electron chi connectivity index (χ1n) is 7.00. The van der Waals surface area contributed by atoms with E-state index in [0.29, 0.717) is 37.1 Å². The molecule has 6 heteroatoms. The molecule has 1 heterocycles. The molecule has 0 aliphatic carbocycles. The van der Waals surface area contributed by atoms with Gasteiger partial charge in [0.2, 0.25) is 5.91 Å². The molecule has 1 saturated heterocycles. The van der Waals surface area contributed by atoms with Crippen LogP contribution in [0.5, 0.6) is 5.75 Å². The molecule has 1 amide bonds. The van der Waals surface area contributed by atoms with Gasteiger partial charge in [0.15, 0.2) is 0 Å². The van der Waals surface area contributed by atoms with Gasteiger partial charge in [0.05, 0.1) is 30.7 Å². The number of hydrogen-bond acceptors (Lipinski definition) is 4. The number of carbonyl (C=O) groups excluding carboxylic acids is 1. The van der Waals surface area contributed by atoms with E-state index in [2.05, 4.69) is 5.32 Å². The third kappa shape index (κ3) is 4.09. The second-order valence-corrected chi connectivity index (χ2v) is 5.48. The number of benzene rings is 1. The van der Waals surface area contributed by atoms with E-state index in [4.69, 9.17) is 21.1 Å². The Morgan fingerprint density at radius 3 is 2.95 bits per heavy atom. The third-order valence-corrected chi connectivity index (χ3v) is 3.98. The Balaban J connectivity index is 1.80. The maximum atomic E-state index is 12.3. The van der Waals surface area contributed by atoms with Gasteiger partial charge in [0.25, 0.3) is 0 Å². The van der Waals surface area contributed by atoms with Gasteiger partial charge in [0, 0.05) is 13.1 Å². The number of rotatable bonds is 6. The lowest BCUT2D eigenvalue weighted by molar-refractivity contribution is -0.134. The molecule has 0 spiro atoms. The zero-order chi connectivity index (χ0) is 15.2. The number of ether oxygens (including phenoxy) is 2. The predicted molar refractivity (Wildman–Crippen MR) is 81.7 cm³/mol. The highest BCUT2D eigenvalue weighted by atomic mass is 35.5. The Morgan fingerprint density at radius 2 is 2.24 bits per heavy atom. The molecule has 1 aliphatic rings. The molecule has 2 atom stereocenters. The van der Waals surface area contributed by atoms with Crippen LogP contribution in [-0.4, -0.2) is 57.3 Å². The summed E-state index contributed by atoms with van der Waals surface area (Å²) in [6.07, 6.45) is 0. The number of halogens is 1. The number of para-hydroxylation sites is 1. The first kappa shape index (κ1) is 16.1. The van der Waals surface area contributed by atoms with Crippen LogP contribution < -0.4 is 10.1 Å². The highest BCUT2D eigenvalue weighted by molar-refractivity contribution is 6.32. The molecule has 0 saturated carbocycles. The van der Waals surface area contributed by atoms with Crippen molar-refractivity contribution in [3.8, 4) is 5.75 Å². The van der Waals surface area contributed by atoms with Crippen LogP contribution in [0.25, 0.3) is 0 Å². The molecule has 5 nitrogen and oxygen atoms in total. The van der Waals surface area contributed by atoms with Gasteiger partial charge in [-0.2, -0.15) is 0 Å². The van der Waals surface area contributed by atoms with Crippen molar-refractivity contribution in [3.63, 3.8) is 0 Å². The molecule has 0 aromatic heterocycles. The van der Waals surface area contributed by atoms with Gasteiger partial charge >= 0.3 is 0 Å². The minimum atomic E-state index is -0.125. The average Bonchev–Trinajstić information content (AvgIpc) is 2.96. The standard InChI is InChI=1S/C15H21ClN2O3/c1-17-13-10-20-9-11(13)15(19)18(2)7-8-21-14-6-4-3-5-12(14)16/h3-6,11,13,17H,7-10H2,1-2H3. The normalized spacial score (nSPS) is 21.3. The molecule has 21 heavy (non-hydrogen) atoms. The lowest BCUT2D eigenvalue weighted by atomic mass is 10.0. The second-order valence-electron chi connectivity index (χ2n) is 5.08. The first-order valence-corrected chi connectivity index (χ1v) is 7.38. The van der Waals surface area contributed by atoms with E-state index < -0.39 is 0 Å². The van der Waals surface area contributed by atoms with Crippen LogP contribution in [0.2, 0.25) is 5.02 Å². The summed E-state index contributed by atoms with van der Waals surface area (Å²) in [5.74, 6) is 0.590. The minimum absolute atomic E-state index is 0.0783. The Hall–Kier alpha value is -1.30. The number of nitrogens with one attached hydrogen (secondary N) is 1. The number of amides is 1. The fourth-order valence-electron chi connectivity index (χ4n) is 2.33. The summed E-state index contributed by atoms with van der Waals surface area (Å²) in [5, 5.41) is 3.69. The Labute approximate surface area is 130 Å². The Morgan fingerprint density at radius 1 is 1.48 bits per heavy atom. The van der Waals surface area contributed by atoms with E-state index in [1.54, 1.807) is 18.0 Å². The van der Waals surface area contributed by atoms with Crippen LogP contribution in [-0.2, 0) is 9.53 Å². The van der Waals surface area contributed by atoms with Gasteiger partial charge in [-0.05, 0) is 19.2 Å². The van der Waals surface area contributed by atoms with Gasteiger partial charge in [-0.1, -0.05) is 23.7 Å². The van der Waals surface area contributed by atoms with Crippen LogP contribution in [0.1, 0.15) is 0 Å². The van der Waals surface area contributed by atoms with Crippen molar-refractivity contribution in [2.24, 2.45) is 5.92 Å². The highest BCUT2D eigenvalue weighted by Crippen LogP contribution is 2.23. The van der Waals surface area contributed by atoms with E-state index in [1.807, 2.05) is 25.2 Å². The number of hydrogen-bond donors (Lipinski definition) is 1. The van der Waals surface area contributed by atoms with Crippen molar-refractivity contribution in [1.29, 1.82) is 0 Å². The maximum Gasteiger partial charge on any atom is 0.229 e. The summed E-state index contributed by atoms with van der Waals surface area (Å²) in [5.41, 5.74) is 0. The molecule has 0 bridgehead atoms. The molecular weight excluding hydrogens is 292 g/mol. The Kier molecular flexibility index (Phi) is 5.85. The van der Waals surface area contributed by atoms with Crippen LogP contribution >= 0.6 is 11.6 Å². The van der Waals surface area contributed by atoms with E-state index in [-0.39, 0.29) is 17.9 Å². The van der Waals surface area contributed by atoms with Crippen molar-refractivity contribution < 1.29 is 14.3 Å². The number of nitrogens with zero attached hydrogens (tertiary/aromatic N) is 1. The fourth-order valence-corrected chi connectivity index (χ4v) is 2.52. The largest absolute Gasteiger partial charge is 0.490 e. The fraction of sp³-hybridized carbons (Fsp3) is 0.533. The lowest BCUT2D eigenvalue weighted by Gasteiger charge is -2.23. The van der Waals surface area contributed by atoms with E-state index >= 15 is 0 Å². The second kappa shape index (κ2) is 7.64. The van der Waals surface area contributed by atoms with E-state index in [0.717, 1.165) is 0 Å². The van der Waals surface area contributed by atoms with Crippen molar-refractivity contribution >= 4 is 17.5 Å². The quantitative estimate of drug-likeness (QED) is 0.863. The average molecular weight is 313 g/mol. The zero-order valence-electron chi connectivity index (χ0n) is 12.3. The molecule has 1 aromatic rings. The summed E-state index contributed by atoms with van der Waals surface area (Å²) in [6.45, 7) is 1.97. The zero-order valence-corrected chi connectivity index (χ0v) is 13.1. The molecule has 1 fully saturated rings. The van der Waals surface area contributed by atoms with Crippen LogP contribution in [0.15, 0.2) is 24.3 Å². The summed E-state index contributed by atoms with van der Waals surface area (Å²) in [6, 6.07) is 7.39. The van der Waals surface area contributed by atoms with Crippen LogP contribution in [0.3, 0.4) is 0 Å². The summed E-state index contributed by atoms with van der Waals surface area (Å²) >= 11 is 6.01. The molecule has 1 aliphatic heterocycles. The van der Waals surface area contributed by atoms with Gasteiger partial charge in [-0.25, -0.2) is 0 Å². The predicted octanol–water partition coefficient (Wildman–Crippen LogP) is 1.41. The SMILES string of the molecule is CNC1COCC1C(=O)N(C)CCOc1ccccc1Cl. The molecule has 0 radical (unpaired) electrons. The van der Waals surface area contributed by atoms with E-state index in [9.17, 15) is 4.79 Å². The van der Waals surface area contributed by atoms with Gasteiger partial charge in [0.1, 0.15) is 12.4 Å².